The molecule has 0 aliphatic heterocycles. The second kappa shape index (κ2) is 11.7. The minimum Gasteiger partial charge on any atom is -0.493 e. The van der Waals surface area contributed by atoms with Crippen LogP contribution in [0.25, 0.3) is 22.2 Å². The molecule has 0 bridgehead atoms. The number of pyridine rings is 1. The number of amides is 1. The molecular formula is C32H24N4O3. The number of nitrogens with one attached hydrogen (secondary N) is 1. The van der Waals surface area contributed by atoms with E-state index in [4.69, 9.17) is 14.5 Å². The van der Waals surface area contributed by atoms with Crippen molar-refractivity contribution in [3.63, 3.8) is 0 Å². The van der Waals surface area contributed by atoms with Gasteiger partial charge in [-0.1, -0.05) is 66.7 Å². The second-order valence-electron chi connectivity index (χ2n) is 8.61. The number of hydrogen-bond acceptors (Lipinski definition) is 6. The highest BCUT2D eigenvalue weighted by Crippen LogP contribution is 2.29. The number of carbonyl (C=O) groups is 1. The van der Waals surface area contributed by atoms with E-state index in [1.165, 1.54) is 6.21 Å². The van der Waals surface area contributed by atoms with Crippen molar-refractivity contribution in [3.8, 4) is 28.8 Å². The van der Waals surface area contributed by atoms with Gasteiger partial charge in [-0.3, -0.25) is 4.79 Å². The number of benzene rings is 4. The van der Waals surface area contributed by atoms with Gasteiger partial charge in [-0.2, -0.15) is 10.4 Å². The summed E-state index contributed by atoms with van der Waals surface area (Å²) in [7, 11) is 1.55. The van der Waals surface area contributed by atoms with E-state index in [1.807, 2.05) is 72.8 Å². The Kier molecular flexibility index (Phi) is 7.56. The van der Waals surface area contributed by atoms with Crippen LogP contribution in [0.1, 0.15) is 27.0 Å². The quantitative estimate of drug-likeness (QED) is 0.199. The number of nitrogens with zero attached hydrogens (tertiary/aromatic N) is 3. The van der Waals surface area contributed by atoms with E-state index < -0.39 is 0 Å². The number of nitriles is 1. The van der Waals surface area contributed by atoms with Crippen molar-refractivity contribution in [1.82, 2.24) is 10.4 Å². The van der Waals surface area contributed by atoms with E-state index in [9.17, 15) is 10.1 Å². The molecule has 0 spiro atoms. The minimum atomic E-state index is -0.342. The Balaban J connectivity index is 1.32. The lowest BCUT2D eigenvalue weighted by molar-refractivity contribution is 0.0956. The first kappa shape index (κ1) is 25.2. The smallest absolute Gasteiger partial charge is 0.272 e. The molecule has 5 aromatic rings. The highest BCUT2D eigenvalue weighted by atomic mass is 16.5. The Bertz CT molecular complexity index is 1710. The lowest BCUT2D eigenvalue weighted by Crippen LogP contribution is -2.18. The Morgan fingerprint density at radius 3 is 2.54 bits per heavy atom. The van der Waals surface area contributed by atoms with Crippen LogP contribution in [0.4, 0.5) is 0 Å². The summed E-state index contributed by atoms with van der Waals surface area (Å²) < 4.78 is 11.4. The zero-order valence-corrected chi connectivity index (χ0v) is 21.2. The highest BCUT2D eigenvalue weighted by Gasteiger charge is 2.14. The molecule has 5 rings (SSSR count). The third-order valence-electron chi connectivity index (χ3n) is 6.12. The molecule has 0 saturated carbocycles. The maximum absolute atomic E-state index is 13.2. The third kappa shape index (κ3) is 5.76. The van der Waals surface area contributed by atoms with Crippen molar-refractivity contribution in [3.05, 3.63) is 125 Å². The third-order valence-corrected chi connectivity index (χ3v) is 6.12. The van der Waals surface area contributed by atoms with E-state index in [2.05, 4.69) is 16.6 Å². The Morgan fingerprint density at radius 2 is 1.72 bits per heavy atom. The summed E-state index contributed by atoms with van der Waals surface area (Å²) in [4.78, 5) is 17.9. The van der Waals surface area contributed by atoms with E-state index in [0.29, 0.717) is 33.9 Å². The van der Waals surface area contributed by atoms with Gasteiger partial charge in [0, 0.05) is 16.5 Å². The Hall–Kier alpha value is -5.48. The fourth-order valence-electron chi connectivity index (χ4n) is 4.14. The molecule has 190 valence electrons. The van der Waals surface area contributed by atoms with Crippen LogP contribution >= 0.6 is 0 Å². The molecule has 4 aromatic carbocycles. The number of methoxy groups -OCH3 is 1. The lowest BCUT2D eigenvalue weighted by Gasteiger charge is -2.12. The van der Waals surface area contributed by atoms with Crippen LogP contribution in [0.3, 0.4) is 0 Å². The van der Waals surface area contributed by atoms with Gasteiger partial charge in [0.25, 0.3) is 5.91 Å². The molecule has 7 heteroatoms. The molecule has 0 atom stereocenters. The summed E-state index contributed by atoms with van der Waals surface area (Å²) in [6.45, 7) is 0.231. The first-order valence-electron chi connectivity index (χ1n) is 12.2. The number of carbonyl (C=O) groups excluding carboxylic acids is 1. The maximum atomic E-state index is 13.2. The van der Waals surface area contributed by atoms with Crippen LogP contribution < -0.4 is 14.9 Å². The van der Waals surface area contributed by atoms with E-state index in [-0.39, 0.29) is 12.5 Å². The van der Waals surface area contributed by atoms with Crippen LogP contribution in [0, 0.1) is 11.3 Å². The molecule has 1 N–H and O–H groups in total. The minimum absolute atomic E-state index is 0.231. The number of hydrazone groups is 1. The monoisotopic (exact) mass is 512 g/mol. The largest absolute Gasteiger partial charge is 0.493 e. The average Bonchev–Trinajstić information content (AvgIpc) is 3.00. The van der Waals surface area contributed by atoms with Gasteiger partial charge in [-0.15, -0.1) is 0 Å². The van der Waals surface area contributed by atoms with Gasteiger partial charge in [0.1, 0.15) is 6.61 Å². The number of aromatic nitrogens is 1. The van der Waals surface area contributed by atoms with Gasteiger partial charge in [0.2, 0.25) is 0 Å². The zero-order valence-electron chi connectivity index (χ0n) is 21.2. The maximum Gasteiger partial charge on any atom is 0.272 e. The van der Waals surface area contributed by atoms with Crippen molar-refractivity contribution in [2.24, 2.45) is 5.10 Å². The molecule has 0 saturated heterocycles. The molecule has 0 radical (unpaired) electrons. The molecule has 0 aliphatic rings. The summed E-state index contributed by atoms with van der Waals surface area (Å²) in [6, 6.07) is 33.8. The zero-order chi connectivity index (χ0) is 27.0. The molecule has 1 amide bonds. The van der Waals surface area contributed by atoms with Crippen molar-refractivity contribution >= 4 is 23.0 Å². The highest BCUT2D eigenvalue weighted by molar-refractivity contribution is 6.07. The average molecular weight is 513 g/mol. The fraction of sp³-hybridized carbons (Fsp3) is 0.0625. The topological polar surface area (TPSA) is 96.6 Å². The molecule has 7 nitrogen and oxygen atoms in total. The van der Waals surface area contributed by atoms with E-state index in [1.54, 1.807) is 37.4 Å². The van der Waals surface area contributed by atoms with E-state index >= 15 is 0 Å². The molecule has 0 aliphatic carbocycles. The predicted molar refractivity (Wildman–Crippen MR) is 151 cm³/mol. The number of ether oxygens (including phenoxy) is 2. The number of rotatable bonds is 8. The van der Waals surface area contributed by atoms with Crippen LogP contribution in [-0.2, 0) is 6.61 Å². The van der Waals surface area contributed by atoms with Gasteiger partial charge in [-0.25, -0.2) is 10.4 Å². The summed E-state index contributed by atoms with van der Waals surface area (Å²) in [6.07, 6.45) is 1.54. The second-order valence-corrected chi connectivity index (χ2v) is 8.61. The standard InChI is InChI=1S/C32H24N4O3/c1-38-31-17-22(15-16-30(31)39-21-25-12-6-5-11-24(25)19-33)20-34-36-32(37)27-18-29(23-9-3-2-4-10-23)35-28-14-8-7-13-26(27)28/h2-18,20H,21H2,1H3,(H,36,37)/b34-20+. The summed E-state index contributed by atoms with van der Waals surface area (Å²) in [5.41, 5.74) is 7.53. The van der Waals surface area contributed by atoms with Gasteiger partial charge in [-0.05, 0) is 42.0 Å². The number of fused-ring (bicyclic) bond motifs is 1. The first-order valence-corrected chi connectivity index (χ1v) is 12.2. The van der Waals surface area contributed by atoms with Crippen molar-refractivity contribution in [1.29, 1.82) is 5.26 Å². The van der Waals surface area contributed by atoms with Crippen LogP contribution in [0.5, 0.6) is 11.5 Å². The van der Waals surface area contributed by atoms with Crippen molar-refractivity contribution < 1.29 is 14.3 Å². The van der Waals surface area contributed by atoms with Crippen molar-refractivity contribution in [2.45, 2.75) is 6.61 Å². The lowest BCUT2D eigenvalue weighted by atomic mass is 10.0. The molecule has 1 aromatic heterocycles. The van der Waals surface area contributed by atoms with Crippen LogP contribution in [0.15, 0.2) is 108 Å². The number of para-hydroxylation sites is 1. The summed E-state index contributed by atoms with van der Waals surface area (Å²) in [5.74, 6) is 0.695. The molecule has 39 heavy (non-hydrogen) atoms. The number of hydrogen-bond donors (Lipinski definition) is 1. The van der Waals surface area contributed by atoms with Crippen molar-refractivity contribution in [2.75, 3.05) is 7.11 Å². The fourth-order valence-corrected chi connectivity index (χ4v) is 4.14. The van der Waals surface area contributed by atoms with Crippen LogP contribution in [0.2, 0.25) is 0 Å². The normalized spacial score (nSPS) is 10.8. The Labute approximate surface area is 226 Å². The predicted octanol–water partition coefficient (Wildman–Crippen LogP) is 6.12. The SMILES string of the molecule is COc1cc(/C=N/NC(=O)c2cc(-c3ccccc3)nc3ccccc23)ccc1OCc1ccccc1C#N. The van der Waals surface area contributed by atoms with Gasteiger partial charge < -0.3 is 9.47 Å². The molecular weight excluding hydrogens is 488 g/mol. The summed E-state index contributed by atoms with van der Waals surface area (Å²) in [5, 5.41) is 14.2. The summed E-state index contributed by atoms with van der Waals surface area (Å²) >= 11 is 0. The van der Waals surface area contributed by atoms with E-state index in [0.717, 1.165) is 22.0 Å². The molecule has 0 unspecified atom stereocenters. The molecule has 0 fully saturated rings. The van der Waals surface area contributed by atoms with Gasteiger partial charge >= 0.3 is 0 Å². The Morgan fingerprint density at radius 1 is 0.949 bits per heavy atom. The van der Waals surface area contributed by atoms with Gasteiger partial charge in [0.15, 0.2) is 11.5 Å². The van der Waals surface area contributed by atoms with Gasteiger partial charge in [0.05, 0.1) is 41.7 Å². The van der Waals surface area contributed by atoms with Crippen LogP contribution in [-0.4, -0.2) is 24.2 Å². The first-order chi connectivity index (χ1) is 19.2. The molecule has 1 heterocycles.